The zero-order valence-corrected chi connectivity index (χ0v) is 29.7. The first kappa shape index (κ1) is 37.9. The second-order valence-electron chi connectivity index (χ2n) is 10.4. The van der Waals surface area contributed by atoms with Gasteiger partial charge in [-0.3, -0.25) is 0 Å². The SMILES string of the molecule is CCO[Si](CCC(N)CCN)(OCC)O[Si](O[Si](CCC(N)CCN)(OCC)OCC)(c1ccccc1)c1ccccc1. The Bertz CT molecular complexity index is 907. The van der Waals surface area contributed by atoms with Gasteiger partial charge in [0, 0.05) is 50.6 Å². The van der Waals surface area contributed by atoms with Crippen LogP contribution in [0.5, 0.6) is 0 Å². The van der Waals surface area contributed by atoms with E-state index in [1.54, 1.807) is 0 Å². The molecule has 2 aromatic carbocycles. The van der Waals surface area contributed by atoms with Crippen molar-refractivity contribution >= 4 is 36.5 Å². The van der Waals surface area contributed by atoms with E-state index >= 15 is 0 Å². The quantitative estimate of drug-likeness (QED) is 0.124. The molecule has 0 bridgehead atoms. The Hall–Kier alpha value is -1.31. The highest BCUT2D eigenvalue weighted by Gasteiger charge is 2.59. The highest BCUT2D eigenvalue weighted by Crippen LogP contribution is 2.30. The number of rotatable bonds is 24. The maximum absolute atomic E-state index is 7.46. The monoisotopic (exact) mass is 652 g/mol. The van der Waals surface area contributed by atoms with Crippen molar-refractivity contribution in [1.29, 1.82) is 0 Å². The third-order valence-corrected chi connectivity index (χ3v) is 18.8. The molecule has 0 aliphatic rings. The minimum Gasteiger partial charge on any atom is -0.387 e. The topological polar surface area (TPSA) is 159 Å². The van der Waals surface area contributed by atoms with Crippen LogP contribution in [0.2, 0.25) is 12.1 Å². The predicted molar refractivity (Wildman–Crippen MR) is 180 cm³/mol. The molecule has 0 radical (unpaired) electrons. The lowest BCUT2D eigenvalue weighted by Gasteiger charge is -2.44. The van der Waals surface area contributed by atoms with E-state index in [2.05, 4.69) is 0 Å². The highest BCUT2D eigenvalue weighted by molar-refractivity contribution is 7.00. The van der Waals surface area contributed by atoms with Crippen molar-refractivity contribution in [3.8, 4) is 0 Å². The van der Waals surface area contributed by atoms with Gasteiger partial charge in [-0.25, -0.2) is 0 Å². The smallest absolute Gasteiger partial charge is 0.387 e. The van der Waals surface area contributed by atoms with E-state index in [0.29, 0.717) is 77.3 Å². The summed E-state index contributed by atoms with van der Waals surface area (Å²) in [4.78, 5) is 0. The first-order valence-electron chi connectivity index (χ1n) is 15.8. The van der Waals surface area contributed by atoms with E-state index in [9.17, 15) is 0 Å². The van der Waals surface area contributed by atoms with Crippen molar-refractivity contribution < 1.29 is 25.9 Å². The van der Waals surface area contributed by atoms with Crippen molar-refractivity contribution in [1.82, 2.24) is 0 Å². The van der Waals surface area contributed by atoms with Crippen molar-refractivity contribution in [3.05, 3.63) is 60.7 Å². The second kappa shape index (κ2) is 19.9. The molecule has 244 valence electrons. The van der Waals surface area contributed by atoms with Gasteiger partial charge in [0.05, 0.1) is 0 Å². The summed E-state index contributed by atoms with van der Waals surface area (Å²) in [6.45, 7) is 10.5. The lowest BCUT2D eigenvalue weighted by Crippen LogP contribution is -2.73. The molecule has 0 aromatic heterocycles. The average Bonchev–Trinajstić information content (AvgIpc) is 3.00. The number of hydrogen-bond donors (Lipinski definition) is 4. The Morgan fingerprint density at radius 3 is 1.14 bits per heavy atom. The molecule has 0 amide bonds. The van der Waals surface area contributed by atoms with Crippen LogP contribution in [0.15, 0.2) is 60.7 Å². The number of benzene rings is 2. The molecular weight excluding hydrogens is 597 g/mol. The third kappa shape index (κ3) is 11.5. The van der Waals surface area contributed by atoms with Gasteiger partial charge in [-0.15, -0.1) is 0 Å². The maximum Gasteiger partial charge on any atom is 0.492 e. The normalized spacial score (nSPS) is 14.1. The Kier molecular flexibility index (Phi) is 17.6. The van der Waals surface area contributed by atoms with E-state index in [0.717, 1.165) is 10.4 Å². The van der Waals surface area contributed by atoms with E-state index in [-0.39, 0.29) is 12.1 Å². The van der Waals surface area contributed by atoms with Gasteiger partial charge in [0.2, 0.25) is 0 Å². The summed E-state index contributed by atoms with van der Waals surface area (Å²) in [6, 6.07) is 21.0. The molecule has 2 rings (SSSR count). The molecule has 2 unspecified atom stereocenters. The second-order valence-corrected chi connectivity index (χ2v) is 19.3. The fourth-order valence-electron chi connectivity index (χ4n) is 5.09. The van der Waals surface area contributed by atoms with E-state index in [4.69, 9.17) is 48.9 Å². The van der Waals surface area contributed by atoms with Crippen molar-refractivity contribution in [2.75, 3.05) is 39.5 Å². The molecule has 0 saturated carbocycles. The highest BCUT2D eigenvalue weighted by atomic mass is 28.5. The number of nitrogens with two attached hydrogens (primary N) is 4. The largest absolute Gasteiger partial charge is 0.492 e. The van der Waals surface area contributed by atoms with Crippen LogP contribution in [-0.4, -0.2) is 77.8 Å². The Morgan fingerprint density at radius 2 is 0.860 bits per heavy atom. The molecule has 0 saturated heterocycles. The van der Waals surface area contributed by atoms with Crippen LogP contribution in [0.1, 0.15) is 53.4 Å². The van der Waals surface area contributed by atoms with E-state index in [1.807, 2.05) is 88.4 Å². The van der Waals surface area contributed by atoms with Gasteiger partial charge in [-0.2, -0.15) is 0 Å². The fourth-order valence-corrected chi connectivity index (χ4v) is 18.3. The number of hydrogen-bond acceptors (Lipinski definition) is 10. The van der Waals surface area contributed by atoms with Crippen LogP contribution in [0.3, 0.4) is 0 Å². The Labute approximate surface area is 262 Å². The van der Waals surface area contributed by atoms with Crippen molar-refractivity contribution in [2.24, 2.45) is 22.9 Å². The molecule has 0 heterocycles. The Balaban J connectivity index is 2.81. The first-order chi connectivity index (χ1) is 20.8. The molecule has 10 nitrogen and oxygen atoms in total. The molecule has 0 fully saturated rings. The summed E-state index contributed by atoms with van der Waals surface area (Å²) < 4.78 is 41.0. The predicted octanol–water partition coefficient (Wildman–Crippen LogP) is 2.43. The maximum atomic E-state index is 7.46. The van der Waals surface area contributed by atoms with Crippen LogP contribution in [0, 0.1) is 0 Å². The minimum atomic E-state index is -3.66. The average molecular weight is 653 g/mol. The molecule has 2 atom stereocenters. The summed E-state index contributed by atoms with van der Waals surface area (Å²) in [5.74, 6) is 0. The van der Waals surface area contributed by atoms with E-state index < -0.39 is 26.2 Å². The van der Waals surface area contributed by atoms with Crippen molar-refractivity contribution in [2.45, 2.75) is 77.6 Å². The molecule has 0 aliphatic carbocycles. The van der Waals surface area contributed by atoms with Gasteiger partial charge >= 0.3 is 26.2 Å². The molecule has 2 aromatic rings. The lowest BCUT2D eigenvalue weighted by atomic mass is 10.2. The molecule has 0 spiro atoms. The van der Waals surface area contributed by atoms with Gasteiger partial charge in [0.25, 0.3) is 0 Å². The summed E-state index contributed by atoms with van der Waals surface area (Å²) in [5, 5.41) is 1.82. The molecule has 13 heteroatoms. The lowest BCUT2D eigenvalue weighted by molar-refractivity contribution is 0.0829. The van der Waals surface area contributed by atoms with Gasteiger partial charge < -0.3 is 48.9 Å². The third-order valence-electron chi connectivity index (χ3n) is 7.08. The van der Waals surface area contributed by atoms with Crippen LogP contribution in [0.4, 0.5) is 0 Å². The molecule has 0 aliphatic heterocycles. The summed E-state index contributed by atoms with van der Waals surface area (Å²) in [6.07, 6.45) is 2.69. The fraction of sp³-hybridized carbons (Fsp3) is 0.600. The summed E-state index contributed by atoms with van der Waals surface area (Å²) in [5.41, 5.74) is 24.5. The van der Waals surface area contributed by atoms with Crippen molar-refractivity contribution in [3.63, 3.8) is 0 Å². The van der Waals surface area contributed by atoms with Gasteiger partial charge in [-0.05, 0) is 76.8 Å². The zero-order valence-electron chi connectivity index (χ0n) is 26.7. The van der Waals surface area contributed by atoms with E-state index in [1.165, 1.54) is 0 Å². The Morgan fingerprint density at radius 1 is 0.535 bits per heavy atom. The minimum absolute atomic E-state index is 0.101. The molecular formula is C30H56N4O6Si3. The molecule has 8 N–H and O–H groups in total. The van der Waals surface area contributed by atoms with Gasteiger partial charge in [0.15, 0.2) is 0 Å². The molecule has 43 heavy (non-hydrogen) atoms. The zero-order chi connectivity index (χ0) is 31.6. The van der Waals surface area contributed by atoms with Gasteiger partial charge in [0.1, 0.15) is 0 Å². The van der Waals surface area contributed by atoms with Crippen LogP contribution < -0.4 is 33.3 Å². The van der Waals surface area contributed by atoms with Crippen LogP contribution in [-0.2, 0) is 25.9 Å². The van der Waals surface area contributed by atoms with Gasteiger partial charge in [-0.1, -0.05) is 60.7 Å². The first-order valence-corrected chi connectivity index (χ1v) is 21.4. The van der Waals surface area contributed by atoms with Crippen LogP contribution in [0.25, 0.3) is 0 Å². The summed E-state index contributed by atoms with van der Waals surface area (Å²) >= 11 is 0. The standard InChI is InChI=1S/C30H56N4O6Si3/c1-5-35-41(36-6-2,25-21-27(33)19-23-31)39-43(29-15-11-9-12-16-29,30-17-13-10-14-18-30)40-42(37-7-3,38-8-4)26-22-28(34)20-24-32/h9-18,27-28H,5-8,19-26,31-34H2,1-4H3. The summed E-state index contributed by atoms with van der Waals surface area (Å²) in [7, 11) is -10.5. The van der Waals surface area contributed by atoms with Crippen LogP contribution >= 0.6 is 0 Å².